The van der Waals surface area contributed by atoms with E-state index in [1.165, 1.54) is 19.3 Å². The first-order valence-electron chi connectivity index (χ1n) is 5.47. The van der Waals surface area contributed by atoms with Crippen molar-refractivity contribution in [3.8, 4) is 0 Å². The molecule has 0 saturated carbocycles. The summed E-state index contributed by atoms with van der Waals surface area (Å²) in [5.41, 5.74) is 0.427. The van der Waals surface area contributed by atoms with Crippen molar-refractivity contribution in [3.05, 3.63) is 0 Å². The van der Waals surface area contributed by atoms with Crippen LogP contribution >= 0.6 is 11.6 Å². The van der Waals surface area contributed by atoms with Gasteiger partial charge in [-0.15, -0.1) is 11.6 Å². The van der Waals surface area contributed by atoms with Crippen LogP contribution < -0.4 is 0 Å². The van der Waals surface area contributed by atoms with Crippen molar-refractivity contribution < 1.29 is 0 Å². The first-order valence-corrected chi connectivity index (χ1v) is 5.91. The number of alkyl halides is 1. The molecular weight excluding hydrogens is 180 g/mol. The molecule has 0 spiro atoms. The zero-order valence-corrected chi connectivity index (χ0v) is 10.6. The molecular formula is C12H25Cl. The maximum atomic E-state index is 6.00. The fourth-order valence-corrected chi connectivity index (χ4v) is 2.27. The lowest BCUT2D eigenvalue weighted by Crippen LogP contribution is -2.15. The van der Waals surface area contributed by atoms with Gasteiger partial charge in [-0.25, -0.2) is 0 Å². The van der Waals surface area contributed by atoms with E-state index in [-0.39, 0.29) is 0 Å². The summed E-state index contributed by atoms with van der Waals surface area (Å²) in [6.07, 6.45) is 5.13. The van der Waals surface area contributed by atoms with Crippen molar-refractivity contribution in [2.24, 2.45) is 11.3 Å². The Labute approximate surface area is 89.1 Å². The SMILES string of the molecule is CC(C)CCCC(C)(C)CC(C)Cl. The van der Waals surface area contributed by atoms with Crippen LogP contribution in [-0.2, 0) is 0 Å². The fourth-order valence-electron chi connectivity index (χ4n) is 1.85. The molecule has 0 heterocycles. The molecule has 0 amide bonds. The van der Waals surface area contributed by atoms with Crippen LogP contribution in [0.15, 0.2) is 0 Å². The van der Waals surface area contributed by atoms with E-state index >= 15 is 0 Å². The molecule has 0 aromatic rings. The summed E-state index contributed by atoms with van der Waals surface area (Å²) >= 11 is 6.00. The Balaban J connectivity index is 3.62. The Hall–Kier alpha value is 0.290. The van der Waals surface area contributed by atoms with Gasteiger partial charge < -0.3 is 0 Å². The lowest BCUT2D eigenvalue weighted by Gasteiger charge is -2.26. The van der Waals surface area contributed by atoms with E-state index in [4.69, 9.17) is 11.6 Å². The molecule has 0 nitrogen and oxygen atoms in total. The molecule has 0 saturated heterocycles. The standard InChI is InChI=1S/C12H25Cl/c1-10(2)7-6-8-12(4,5)9-11(3)13/h10-11H,6-9H2,1-5H3. The van der Waals surface area contributed by atoms with Crippen molar-refractivity contribution in [3.63, 3.8) is 0 Å². The minimum absolute atomic E-state index is 0.314. The summed E-state index contributed by atoms with van der Waals surface area (Å²) in [5, 5.41) is 0.314. The molecule has 0 aliphatic carbocycles. The zero-order chi connectivity index (χ0) is 10.5. The normalized spacial score (nSPS) is 15.0. The molecule has 0 N–H and O–H groups in total. The van der Waals surface area contributed by atoms with Crippen LogP contribution in [-0.4, -0.2) is 5.38 Å². The van der Waals surface area contributed by atoms with Gasteiger partial charge in [0.1, 0.15) is 0 Å². The van der Waals surface area contributed by atoms with Gasteiger partial charge in [-0.3, -0.25) is 0 Å². The molecule has 80 valence electrons. The van der Waals surface area contributed by atoms with Gasteiger partial charge in [-0.1, -0.05) is 40.5 Å². The summed E-state index contributed by atoms with van der Waals surface area (Å²) < 4.78 is 0. The lowest BCUT2D eigenvalue weighted by molar-refractivity contribution is 0.288. The quantitative estimate of drug-likeness (QED) is 0.543. The van der Waals surface area contributed by atoms with E-state index in [9.17, 15) is 0 Å². The highest BCUT2D eigenvalue weighted by Crippen LogP contribution is 2.31. The second-order valence-electron chi connectivity index (χ2n) is 5.44. The third-order valence-corrected chi connectivity index (χ3v) is 2.62. The first-order chi connectivity index (χ1) is 5.83. The molecule has 0 radical (unpaired) electrons. The van der Waals surface area contributed by atoms with E-state index in [1.54, 1.807) is 0 Å². The molecule has 0 bridgehead atoms. The van der Waals surface area contributed by atoms with E-state index in [0.717, 1.165) is 12.3 Å². The van der Waals surface area contributed by atoms with Crippen molar-refractivity contribution in [2.45, 2.75) is 65.7 Å². The molecule has 0 rings (SSSR count). The van der Waals surface area contributed by atoms with Crippen LogP contribution in [0.1, 0.15) is 60.3 Å². The minimum Gasteiger partial charge on any atom is -0.123 e. The molecule has 1 unspecified atom stereocenters. The molecule has 0 aliphatic heterocycles. The van der Waals surface area contributed by atoms with Crippen LogP contribution in [0, 0.1) is 11.3 Å². The summed E-state index contributed by atoms with van der Waals surface area (Å²) in [4.78, 5) is 0. The molecule has 0 fully saturated rings. The third-order valence-electron chi connectivity index (χ3n) is 2.47. The Morgan fingerprint density at radius 2 is 1.69 bits per heavy atom. The molecule has 1 heteroatoms. The van der Waals surface area contributed by atoms with Crippen LogP contribution in [0.25, 0.3) is 0 Å². The molecule has 0 aliphatic rings. The molecule has 0 aromatic carbocycles. The number of hydrogen-bond acceptors (Lipinski definition) is 0. The summed E-state index contributed by atoms with van der Waals surface area (Å²) in [6, 6.07) is 0. The van der Waals surface area contributed by atoms with Gasteiger partial charge in [0.15, 0.2) is 0 Å². The highest BCUT2D eigenvalue weighted by atomic mass is 35.5. The van der Waals surface area contributed by atoms with E-state index < -0.39 is 0 Å². The van der Waals surface area contributed by atoms with Crippen LogP contribution in [0.2, 0.25) is 0 Å². The maximum Gasteiger partial charge on any atom is 0.0312 e. The highest BCUT2D eigenvalue weighted by Gasteiger charge is 2.19. The monoisotopic (exact) mass is 204 g/mol. The second-order valence-corrected chi connectivity index (χ2v) is 6.18. The lowest BCUT2D eigenvalue weighted by atomic mass is 9.82. The molecule has 0 aromatic heterocycles. The first kappa shape index (κ1) is 13.3. The number of rotatable bonds is 6. The average molecular weight is 205 g/mol. The average Bonchev–Trinajstić information content (AvgIpc) is 1.81. The van der Waals surface area contributed by atoms with E-state index in [2.05, 4.69) is 34.6 Å². The number of hydrogen-bond donors (Lipinski definition) is 0. The predicted octanol–water partition coefficient (Wildman–Crippen LogP) is 4.86. The molecule has 1 atom stereocenters. The Morgan fingerprint density at radius 3 is 2.08 bits per heavy atom. The van der Waals surface area contributed by atoms with Crippen molar-refractivity contribution in [2.75, 3.05) is 0 Å². The highest BCUT2D eigenvalue weighted by molar-refractivity contribution is 6.20. The van der Waals surface area contributed by atoms with E-state index in [0.29, 0.717) is 10.8 Å². The van der Waals surface area contributed by atoms with Crippen molar-refractivity contribution in [1.82, 2.24) is 0 Å². The second kappa shape index (κ2) is 5.90. The van der Waals surface area contributed by atoms with Gasteiger partial charge >= 0.3 is 0 Å². The van der Waals surface area contributed by atoms with Crippen LogP contribution in [0.3, 0.4) is 0 Å². The molecule has 13 heavy (non-hydrogen) atoms. The maximum absolute atomic E-state index is 6.00. The minimum atomic E-state index is 0.314. The van der Waals surface area contributed by atoms with Gasteiger partial charge in [-0.2, -0.15) is 0 Å². The summed E-state index contributed by atoms with van der Waals surface area (Å²) in [5.74, 6) is 0.837. The van der Waals surface area contributed by atoms with Gasteiger partial charge in [0.25, 0.3) is 0 Å². The Bertz CT molecular complexity index is 125. The van der Waals surface area contributed by atoms with Crippen molar-refractivity contribution in [1.29, 1.82) is 0 Å². The van der Waals surface area contributed by atoms with E-state index in [1.807, 2.05) is 0 Å². The van der Waals surface area contributed by atoms with Crippen molar-refractivity contribution >= 4 is 11.6 Å². The Kier molecular flexibility index (Phi) is 6.04. The van der Waals surface area contributed by atoms with Crippen LogP contribution in [0.5, 0.6) is 0 Å². The predicted molar refractivity (Wildman–Crippen MR) is 62.4 cm³/mol. The Morgan fingerprint density at radius 1 is 1.15 bits per heavy atom. The zero-order valence-electron chi connectivity index (χ0n) is 9.86. The fraction of sp³-hybridized carbons (Fsp3) is 1.00. The van der Waals surface area contributed by atoms with Gasteiger partial charge in [0.2, 0.25) is 0 Å². The number of halogens is 1. The summed E-state index contributed by atoms with van der Waals surface area (Å²) in [6.45, 7) is 11.3. The third kappa shape index (κ3) is 8.62. The smallest absolute Gasteiger partial charge is 0.0312 e. The van der Waals surface area contributed by atoms with Gasteiger partial charge in [-0.05, 0) is 31.1 Å². The van der Waals surface area contributed by atoms with Gasteiger partial charge in [0, 0.05) is 5.38 Å². The largest absolute Gasteiger partial charge is 0.123 e. The van der Waals surface area contributed by atoms with Crippen LogP contribution in [0.4, 0.5) is 0 Å². The van der Waals surface area contributed by atoms with Gasteiger partial charge in [0.05, 0.1) is 0 Å². The summed E-state index contributed by atoms with van der Waals surface area (Å²) in [7, 11) is 0. The topological polar surface area (TPSA) is 0 Å².